The van der Waals surface area contributed by atoms with Crippen molar-refractivity contribution in [2.45, 2.75) is 10.9 Å². The predicted octanol–water partition coefficient (Wildman–Crippen LogP) is 0.760. The molecule has 7 heteroatoms. The monoisotopic (exact) mass is 365 g/mol. The summed E-state index contributed by atoms with van der Waals surface area (Å²) in [5.41, 5.74) is 0.862. The van der Waals surface area contributed by atoms with Crippen LogP contribution >= 0.6 is 0 Å². The molecular formula is C18H22FN2O3S+. The molecule has 5 nitrogen and oxygen atoms in total. The summed E-state index contributed by atoms with van der Waals surface area (Å²) in [6.45, 7) is 3.56. The van der Waals surface area contributed by atoms with Crippen LogP contribution in [0.25, 0.3) is 0 Å². The van der Waals surface area contributed by atoms with Gasteiger partial charge in [0.2, 0.25) is 10.0 Å². The second kappa shape index (κ2) is 8.05. The van der Waals surface area contributed by atoms with Crippen LogP contribution in [0.15, 0.2) is 59.5 Å². The first-order valence-corrected chi connectivity index (χ1v) is 9.78. The van der Waals surface area contributed by atoms with Gasteiger partial charge in [0.25, 0.3) is 0 Å². The van der Waals surface area contributed by atoms with Crippen molar-refractivity contribution in [1.29, 1.82) is 0 Å². The first kappa shape index (κ1) is 18.0. The van der Waals surface area contributed by atoms with E-state index in [1.54, 1.807) is 0 Å². The summed E-state index contributed by atoms with van der Waals surface area (Å²) in [6.07, 6.45) is 0. The smallest absolute Gasteiger partial charge is 0.244 e. The zero-order valence-electron chi connectivity index (χ0n) is 13.8. The molecule has 0 unspecified atom stereocenters. The summed E-state index contributed by atoms with van der Waals surface area (Å²) in [5, 5.41) is 0. The normalized spacial score (nSPS) is 17.3. The van der Waals surface area contributed by atoms with Gasteiger partial charge in [0.15, 0.2) is 0 Å². The van der Waals surface area contributed by atoms with Crippen LogP contribution < -0.4 is 9.62 Å². The maximum Gasteiger partial charge on any atom is 0.244 e. The minimum absolute atomic E-state index is 0.326. The highest BCUT2D eigenvalue weighted by molar-refractivity contribution is 7.89. The van der Waals surface area contributed by atoms with E-state index in [-0.39, 0.29) is 4.90 Å². The van der Waals surface area contributed by atoms with Gasteiger partial charge in [-0.15, -0.1) is 0 Å². The molecule has 0 spiro atoms. The van der Waals surface area contributed by atoms with Crippen LogP contribution in [0.3, 0.4) is 0 Å². The van der Waals surface area contributed by atoms with Gasteiger partial charge < -0.3 is 9.64 Å². The zero-order chi connectivity index (χ0) is 17.7. The number of quaternary nitrogens is 1. The Bertz CT molecular complexity index is 793. The molecule has 0 radical (unpaired) electrons. The van der Waals surface area contributed by atoms with Gasteiger partial charge in [-0.05, 0) is 17.7 Å². The molecule has 0 aliphatic carbocycles. The summed E-state index contributed by atoms with van der Waals surface area (Å²) in [7, 11) is -3.96. The molecule has 1 aliphatic heterocycles. The van der Waals surface area contributed by atoms with Gasteiger partial charge in [0.1, 0.15) is 23.8 Å². The third-order valence-corrected chi connectivity index (χ3v) is 5.82. The number of hydrogen-bond donors (Lipinski definition) is 2. The molecule has 0 bridgehead atoms. The Balaban J connectivity index is 1.85. The Kier molecular flexibility index (Phi) is 5.80. The summed E-state index contributed by atoms with van der Waals surface area (Å²) in [6, 6.07) is 14.4. The van der Waals surface area contributed by atoms with E-state index in [2.05, 4.69) is 4.72 Å². The number of hydrogen-bond acceptors (Lipinski definition) is 3. The minimum Gasteiger partial charge on any atom is -0.370 e. The number of rotatable bonds is 6. The molecule has 1 atom stereocenters. The molecule has 134 valence electrons. The van der Waals surface area contributed by atoms with Crippen LogP contribution in [-0.2, 0) is 14.8 Å². The number of ether oxygens (including phenoxy) is 1. The molecule has 0 aromatic heterocycles. The molecule has 1 fully saturated rings. The van der Waals surface area contributed by atoms with E-state index in [1.165, 1.54) is 23.1 Å². The lowest BCUT2D eigenvalue weighted by Gasteiger charge is -2.28. The van der Waals surface area contributed by atoms with Gasteiger partial charge in [0, 0.05) is 0 Å². The average Bonchev–Trinajstić information content (AvgIpc) is 2.63. The summed E-state index contributed by atoms with van der Waals surface area (Å²) in [4.78, 5) is 0.934. The topological polar surface area (TPSA) is 59.8 Å². The summed E-state index contributed by atoms with van der Waals surface area (Å²) >= 11 is 0. The maximum atomic E-state index is 14.0. The lowest BCUT2D eigenvalue weighted by atomic mass is 10.1. The van der Waals surface area contributed by atoms with Gasteiger partial charge in [-0.1, -0.05) is 42.5 Å². The number of halogens is 1. The molecule has 1 heterocycles. The molecule has 1 aliphatic rings. The predicted molar refractivity (Wildman–Crippen MR) is 92.3 cm³/mol. The Hall–Kier alpha value is -1.80. The van der Waals surface area contributed by atoms with Crippen LogP contribution in [0, 0.1) is 5.82 Å². The van der Waals surface area contributed by atoms with Gasteiger partial charge in [-0.3, -0.25) is 0 Å². The molecular weight excluding hydrogens is 343 g/mol. The number of nitrogens with one attached hydrogen (secondary N) is 2. The maximum absolute atomic E-state index is 14.0. The van der Waals surface area contributed by atoms with E-state index in [0.717, 1.165) is 24.7 Å². The zero-order valence-corrected chi connectivity index (χ0v) is 14.6. The van der Waals surface area contributed by atoms with Crippen LogP contribution in [-0.4, -0.2) is 41.3 Å². The van der Waals surface area contributed by atoms with Gasteiger partial charge in [-0.2, -0.15) is 4.72 Å². The molecule has 2 aromatic carbocycles. The molecule has 3 rings (SSSR count). The fourth-order valence-corrected chi connectivity index (χ4v) is 4.28. The summed E-state index contributed by atoms with van der Waals surface area (Å²) in [5.74, 6) is -0.750. The second-order valence-corrected chi connectivity index (χ2v) is 7.76. The summed E-state index contributed by atoms with van der Waals surface area (Å²) < 4.78 is 47.4. The highest BCUT2D eigenvalue weighted by Crippen LogP contribution is 2.18. The van der Waals surface area contributed by atoms with Gasteiger partial charge in [-0.25, -0.2) is 12.8 Å². The Morgan fingerprint density at radius 3 is 2.36 bits per heavy atom. The molecule has 0 amide bonds. The van der Waals surface area contributed by atoms with Crippen molar-refractivity contribution in [1.82, 2.24) is 4.72 Å². The third kappa shape index (κ3) is 4.64. The van der Waals surface area contributed by atoms with E-state index >= 15 is 0 Å². The molecule has 2 aromatic rings. The first-order valence-electron chi connectivity index (χ1n) is 8.29. The van der Waals surface area contributed by atoms with Gasteiger partial charge >= 0.3 is 0 Å². The molecule has 0 saturated carbocycles. The van der Waals surface area contributed by atoms with Crippen molar-refractivity contribution in [2.24, 2.45) is 0 Å². The Morgan fingerprint density at radius 1 is 1.04 bits per heavy atom. The average molecular weight is 365 g/mol. The van der Waals surface area contributed by atoms with Crippen molar-refractivity contribution in [2.75, 3.05) is 32.8 Å². The first-order chi connectivity index (χ1) is 12.1. The lowest BCUT2D eigenvalue weighted by Crippen LogP contribution is -3.14. The lowest BCUT2D eigenvalue weighted by molar-refractivity contribution is -0.909. The second-order valence-electron chi connectivity index (χ2n) is 6.08. The Morgan fingerprint density at radius 2 is 1.68 bits per heavy atom. The Labute approximate surface area is 147 Å². The molecule has 1 saturated heterocycles. The standard InChI is InChI=1S/C18H21FN2O3S/c19-16-8-4-5-9-18(16)25(22,23)20-17(15-6-2-1-3-7-15)14-21-10-12-24-13-11-21/h1-9,17,20H,10-14H2/p+1/t17-/m1/s1. The molecule has 2 N–H and O–H groups in total. The van der Waals surface area contributed by atoms with Crippen LogP contribution in [0.2, 0.25) is 0 Å². The van der Waals surface area contributed by atoms with E-state index in [4.69, 9.17) is 4.74 Å². The third-order valence-electron chi connectivity index (χ3n) is 4.32. The van der Waals surface area contributed by atoms with Crippen molar-refractivity contribution in [3.05, 3.63) is 66.0 Å². The van der Waals surface area contributed by atoms with Crippen molar-refractivity contribution in [3.63, 3.8) is 0 Å². The highest BCUT2D eigenvalue weighted by atomic mass is 32.2. The number of benzene rings is 2. The van der Waals surface area contributed by atoms with E-state index in [1.807, 2.05) is 30.3 Å². The number of sulfonamides is 1. The van der Waals surface area contributed by atoms with Crippen molar-refractivity contribution in [3.8, 4) is 0 Å². The number of morpholine rings is 1. The van der Waals surface area contributed by atoms with Crippen molar-refractivity contribution < 1.29 is 22.4 Å². The van der Waals surface area contributed by atoms with Crippen LogP contribution in [0.1, 0.15) is 11.6 Å². The SMILES string of the molecule is O=S(=O)(N[C@H](C[NH+]1CCOCC1)c1ccccc1)c1ccccc1F. The molecule has 25 heavy (non-hydrogen) atoms. The van der Waals surface area contributed by atoms with Crippen molar-refractivity contribution >= 4 is 10.0 Å². The minimum atomic E-state index is -3.96. The van der Waals surface area contributed by atoms with E-state index in [9.17, 15) is 12.8 Å². The van der Waals surface area contributed by atoms with Crippen LogP contribution in [0.4, 0.5) is 4.39 Å². The fourth-order valence-electron chi connectivity index (χ4n) is 2.98. The van der Waals surface area contributed by atoms with Crippen LogP contribution in [0.5, 0.6) is 0 Å². The fraction of sp³-hybridized carbons (Fsp3) is 0.333. The van der Waals surface area contributed by atoms with E-state index < -0.39 is 21.9 Å². The quantitative estimate of drug-likeness (QED) is 0.795. The van der Waals surface area contributed by atoms with E-state index in [0.29, 0.717) is 19.8 Å². The van der Waals surface area contributed by atoms with Gasteiger partial charge in [0.05, 0.1) is 25.8 Å². The largest absolute Gasteiger partial charge is 0.370 e. The highest BCUT2D eigenvalue weighted by Gasteiger charge is 2.27.